The average molecular weight is 698 g/mol. The minimum absolute atomic E-state index is 0.0493. The van der Waals surface area contributed by atoms with E-state index >= 15 is 0 Å². The zero-order valence-corrected chi connectivity index (χ0v) is 31.5. The fraction of sp³-hybridized carbons (Fsp3) is 0.769. The van der Waals surface area contributed by atoms with Crippen LogP contribution in [0.4, 0.5) is 4.79 Å². The molecular formula is C39H63N5O6. The molecule has 2 unspecified atom stereocenters. The molecule has 1 aliphatic heterocycles. The molecule has 1 heterocycles. The van der Waals surface area contributed by atoms with Crippen molar-refractivity contribution < 1.29 is 28.7 Å². The fourth-order valence-corrected chi connectivity index (χ4v) is 7.91. The number of nitrogens with one attached hydrogen (secondary N) is 4. The lowest BCUT2D eigenvalue weighted by molar-refractivity contribution is -0.145. The molecule has 0 bridgehead atoms. The van der Waals surface area contributed by atoms with E-state index in [2.05, 4.69) is 40.7 Å². The summed E-state index contributed by atoms with van der Waals surface area (Å²) in [4.78, 5) is 70.3. The van der Waals surface area contributed by atoms with E-state index in [1.165, 1.54) is 6.08 Å². The minimum Gasteiger partial charge on any atom is -0.373 e. The summed E-state index contributed by atoms with van der Waals surface area (Å²) in [6, 6.07) is -3.30. The molecular weight excluding hydrogens is 634 g/mol. The van der Waals surface area contributed by atoms with Crippen LogP contribution in [0, 0.1) is 29.6 Å². The summed E-state index contributed by atoms with van der Waals surface area (Å²) in [6.45, 7) is 16.5. The quantitative estimate of drug-likeness (QED) is 0.110. The number of ketones is 1. The molecule has 11 nitrogen and oxygen atoms in total. The van der Waals surface area contributed by atoms with Gasteiger partial charge < -0.3 is 30.9 Å². The normalized spacial score (nSPS) is 22.8. The number of likely N-dealkylation sites (tertiary alicyclic amines) is 1. The van der Waals surface area contributed by atoms with E-state index in [-0.39, 0.29) is 42.7 Å². The first-order valence-electron chi connectivity index (χ1n) is 18.8. The summed E-state index contributed by atoms with van der Waals surface area (Å²) in [5.74, 6) is -0.0952. The van der Waals surface area contributed by atoms with E-state index in [0.29, 0.717) is 19.6 Å². The van der Waals surface area contributed by atoms with Crippen molar-refractivity contribution in [1.82, 2.24) is 26.2 Å². The van der Waals surface area contributed by atoms with Crippen molar-refractivity contribution in [1.29, 1.82) is 0 Å². The second-order valence-electron chi connectivity index (χ2n) is 16.3. The van der Waals surface area contributed by atoms with Gasteiger partial charge >= 0.3 is 6.03 Å². The molecule has 0 aromatic carbocycles. The van der Waals surface area contributed by atoms with Crippen LogP contribution in [0.15, 0.2) is 12.7 Å². The summed E-state index contributed by atoms with van der Waals surface area (Å²) in [5, 5.41) is 11.7. The van der Waals surface area contributed by atoms with Crippen LogP contribution in [0.1, 0.15) is 125 Å². The van der Waals surface area contributed by atoms with Crippen molar-refractivity contribution in [2.45, 2.75) is 154 Å². The standard InChI is InChI=1S/C39H63N5O6/c1-9-11-18-29(31(45)34(47)40-24-10-2)41-33(46)30-28(27(3)4)19-25-44(30)35(48)32(38(8)20-14-12-15-21-38)42-36(49)43-39(22-16-13-17-23-39)26-50-37(5,6)7/h1,10,27-30,32H,2,11-26H2,3-8H3,(H,40,47)(H,41,46)(H2,42,43,49)/t28?,29?,30-,32+/m0/s1. The largest absolute Gasteiger partial charge is 0.373 e. The Hall–Kier alpha value is -3.39. The van der Waals surface area contributed by atoms with Crippen LogP contribution in [-0.4, -0.2) is 83.4 Å². The third-order valence-electron chi connectivity index (χ3n) is 10.9. The Labute approximate surface area is 300 Å². The molecule has 4 atom stereocenters. The van der Waals surface area contributed by atoms with Gasteiger partial charge in [-0.25, -0.2) is 4.79 Å². The summed E-state index contributed by atoms with van der Waals surface area (Å²) >= 11 is 0. The predicted molar refractivity (Wildman–Crippen MR) is 195 cm³/mol. The Morgan fingerprint density at radius 2 is 1.62 bits per heavy atom. The first-order chi connectivity index (χ1) is 23.6. The van der Waals surface area contributed by atoms with Crippen LogP contribution >= 0.6 is 0 Å². The summed E-state index contributed by atoms with van der Waals surface area (Å²) in [6.07, 6.45) is 16.9. The topological polar surface area (TPSA) is 146 Å². The van der Waals surface area contributed by atoms with Crippen molar-refractivity contribution >= 4 is 29.5 Å². The number of hydrogen-bond donors (Lipinski definition) is 4. The molecule has 3 aliphatic rings. The van der Waals surface area contributed by atoms with Gasteiger partial charge in [-0.05, 0) is 76.5 Å². The van der Waals surface area contributed by atoms with Gasteiger partial charge in [0.05, 0.1) is 23.8 Å². The van der Waals surface area contributed by atoms with E-state index in [9.17, 15) is 24.0 Å². The molecule has 2 aliphatic carbocycles. The maximum absolute atomic E-state index is 14.8. The Bertz CT molecular complexity index is 1250. The van der Waals surface area contributed by atoms with Gasteiger partial charge in [-0.2, -0.15) is 0 Å². The molecule has 3 fully saturated rings. The number of carbonyl (C=O) groups is 5. The Morgan fingerprint density at radius 3 is 2.18 bits per heavy atom. The Morgan fingerprint density at radius 1 is 1.00 bits per heavy atom. The second kappa shape index (κ2) is 18.2. The lowest BCUT2D eigenvalue weighted by Gasteiger charge is -2.44. The minimum atomic E-state index is -1.15. The molecule has 2 saturated carbocycles. The molecule has 0 radical (unpaired) electrons. The first kappa shape index (κ1) is 41.0. The molecule has 0 aromatic heterocycles. The number of urea groups is 1. The van der Waals surface area contributed by atoms with Crippen molar-refractivity contribution in [3.05, 3.63) is 12.7 Å². The third-order valence-corrected chi connectivity index (χ3v) is 10.9. The highest BCUT2D eigenvalue weighted by Crippen LogP contribution is 2.41. The summed E-state index contributed by atoms with van der Waals surface area (Å²) < 4.78 is 6.20. The maximum atomic E-state index is 14.8. The Kier molecular flexibility index (Phi) is 14.9. The molecule has 3 rings (SSSR count). The van der Waals surface area contributed by atoms with Crippen LogP contribution in [-0.2, 0) is 23.9 Å². The van der Waals surface area contributed by atoms with Gasteiger partial charge in [-0.15, -0.1) is 18.9 Å². The van der Waals surface area contributed by atoms with Crippen LogP contribution in [0.3, 0.4) is 0 Å². The lowest BCUT2D eigenvalue weighted by atomic mass is 9.70. The molecule has 280 valence electrons. The molecule has 1 saturated heterocycles. The van der Waals surface area contributed by atoms with E-state index in [1.807, 2.05) is 34.6 Å². The van der Waals surface area contributed by atoms with Crippen LogP contribution < -0.4 is 21.3 Å². The highest BCUT2D eigenvalue weighted by molar-refractivity contribution is 6.38. The summed E-state index contributed by atoms with van der Waals surface area (Å²) in [5.41, 5.74) is -1.41. The molecule has 4 N–H and O–H groups in total. The first-order valence-corrected chi connectivity index (χ1v) is 18.8. The van der Waals surface area contributed by atoms with Crippen molar-refractivity contribution in [2.75, 3.05) is 19.7 Å². The van der Waals surface area contributed by atoms with E-state index < -0.39 is 52.7 Å². The van der Waals surface area contributed by atoms with Gasteiger partial charge in [-0.3, -0.25) is 19.2 Å². The average Bonchev–Trinajstić information content (AvgIpc) is 3.53. The van der Waals surface area contributed by atoms with Crippen molar-refractivity contribution in [3.63, 3.8) is 0 Å². The van der Waals surface area contributed by atoms with E-state index in [0.717, 1.165) is 64.2 Å². The number of nitrogens with zero attached hydrogens (tertiary/aromatic N) is 1. The van der Waals surface area contributed by atoms with Crippen molar-refractivity contribution in [2.24, 2.45) is 17.3 Å². The highest BCUT2D eigenvalue weighted by Gasteiger charge is 2.50. The number of amides is 5. The molecule has 0 spiro atoms. The SMILES string of the molecule is C#CCCC(NC(=O)[C@@H]1C(C(C)C)CCN1C(=O)[C@@H](NC(=O)NC1(COC(C)(C)C)CCCCC1)C1(C)CCCCC1)C(=O)C(=O)NCC=C. The second-order valence-corrected chi connectivity index (χ2v) is 16.3. The van der Waals surface area contributed by atoms with E-state index in [4.69, 9.17) is 11.2 Å². The zero-order chi connectivity index (χ0) is 37.1. The molecule has 0 aromatic rings. The van der Waals surface area contributed by atoms with Gasteiger partial charge in [0.25, 0.3) is 5.91 Å². The van der Waals surface area contributed by atoms with Crippen molar-refractivity contribution in [3.8, 4) is 12.3 Å². The molecule has 50 heavy (non-hydrogen) atoms. The van der Waals surface area contributed by atoms with Gasteiger partial charge in [0.2, 0.25) is 17.6 Å². The van der Waals surface area contributed by atoms with Gasteiger partial charge in [0.1, 0.15) is 12.1 Å². The maximum Gasteiger partial charge on any atom is 0.315 e. The third kappa shape index (κ3) is 11.1. The summed E-state index contributed by atoms with van der Waals surface area (Å²) in [7, 11) is 0. The number of ether oxygens (including phenoxy) is 1. The van der Waals surface area contributed by atoms with Crippen LogP contribution in [0.2, 0.25) is 0 Å². The molecule has 5 amide bonds. The van der Waals surface area contributed by atoms with Gasteiger partial charge in [0, 0.05) is 19.5 Å². The number of Topliss-reactive ketones (excluding diaryl/α,β-unsaturated/α-hetero) is 1. The smallest absolute Gasteiger partial charge is 0.315 e. The fourth-order valence-electron chi connectivity index (χ4n) is 7.91. The van der Waals surface area contributed by atoms with Crippen LogP contribution in [0.25, 0.3) is 0 Å². The molecule has 11 heteroatoms. The number of carbonyl (C=O) groups excluding carboxylic acids is 5. The number of hydrogen-bond acceptors (Lipinski definition) is 6. The lowest BCUT2D eigenvalue weighted by Crippen LogP contribution is -2.64. The Balaban J connectivity index is 1.91. The van der Waals surface area contributed by atoms with Gasteiger partial charge in [0.15, 0.2) is 0 Å². The zero-order valence-electron chi connectivity index (χ0n) is 31.5. The number of rotatable bonds is 15. The predicted octanol–water partition coefficient (Wildman–Crippen LogP) is 4.79. The van der Waals surface area contributed by atoms with Crippen LogP contribution in [0.5, 0.6) is 0 Å². The highest BCUT2D eigenvalue weighted by atomic mass is 16.5. The monoisotopic (exact) mass is 697 g/mol. The number of terminal acetylenes is 1. The van der Waals surface area contributed by atoms with E-state index in [1.54, 1.807) is 4.90 Å². The van der Waals surface area contributed by atoms with Gasteiger partial charge in [-0.1, -0.05) is 65.4 Å².